The second-order valence-corrected chi connectivity index (χ2v) is 5.69. The highest BCUT2D eigenvalue weighted by Gasteiger charge is 2.25. The molecule has 106 valence electrons. The van der Waals surface area contributed by atoms with Crippen LogP contribution in [-0.2, 0) is 6.42 Å². The van der Waals surface area contributed by atoms with E-state index >= 15 is 0 Å². The zero-order chi connectivity index (χ0) is 13.5. The summed E-state index contributed by atoms with van der Waals surface area (Å²) < 4.78 is 0. The highest BCUT2D eigenvalue weighted by Crippen LogP contribution is 2.14. The maximum Gasteiger partial charge on any atom is 0.0218 e. The van der Waals surface area contributed by atoms with E-state index in [1.807, 2.05) is 0 Å². The molecule has 1 heterocycles. The average molecular weight is 260 g/mol. The van der Waals surface area contributed by atoms with Crippen molar-refractivity contribution in [2.75, 3.05) is 19.6 Å². The number of piperazine rings is 1. The zero-order valence-corrected chi connectivity index (χ0v) is 12.4. The second-order valence-electron chi connectivity index (χ2n) is 5.69. The van der Waals surface area contributed by atoms with Gasteiger partial charge in [0, 0.05) is 31.7 Å². The average Bonchev–Trinajstić information content (AvgIpc) is 2.47. The summed E-state index contributed by atoms with van der Waals surface area (Å²) in [6.07, 6.45) is 5.01. The lowest BCUT2D eigenvalue weighted by atomic mass is 10.0. The van der Waals surface area contributed by atoms with Crippen LogP contribution in [0, 0.1) is 0 Å². The molecule has 0 saturated carbocycles. The van der Waals surface area contributed by atoms with Crippen LogP contribution < -0.4 is 5.32 Å². The lowest BCUT2D eigenvalue weighted by molar-refractivity contribution is 0.124. The van der Waals surface area contributed by atoms with Crippen molar-refractivity contribution in [3.63, 3.8) is 0 Å². The molecular weight excluding hydrogens is 232 g/mol. The molecule has 1 N–H and O–H groups in total. The summed E-state index contributed by atoms with van der Waals surface area (Å²) in [5.74, 6) is 0. The smallest absolute Gasteiger partial charge is 0.0218 e. The van der Waals surface area contributed by atoms with Crippen LogP contribution in [0.4, 0.5) is 0 Å². The first-order chi connectivity index (χ1) is 9.33. The summed E-state index contributed by atoms with van der Waals surface area (Å²) >= 11 is 0. The molecule has 1 fully saturated rings. The van der Waals surface area contributed by atoms with E-state index in [1.54, 1.807) is 0 Å². The summed E-state index contributed by atoms with van der Waals surface area (Å²) in [5, 5.41) is 3.71. The van der Waals surface area contributed by atoms with Gasteiger partial charge in [0.15, 0.2) is 0 Å². The Labute approximate surface area is 118 Å². The third-order valence-corrected chi connectivity index (χ3v) is 4.25. The van der Waals surface area contributed by atoms with Crippen molar-refractivity contribution in [3.8, 4) is 0 Å². The molecule has 2 heteroatoms. The van der Waals surface area contributed by atoms with E-state index in [9.17, 15) is 0 Å². The van der Waals surface area contributed by atoms with Crippen LogP contribution in [0.2, 0.25) is 0 Å². The lowest BCUT2D eigenvalue weighted by Crippen LogP contribution is -2.56. The van der Waals surface area contributed by atoms with Crippen LogP contribution in [0.3, 0.4) is 0 Å². The highest BCUT2D eigenvalue weighted by molar-refractivity contribution is 5.15. The third kappa shape index (κ3) is 4.32. The minimum absolute atomic E-state index is 0.698. The fraction of sp³-hybridized carbons (Fsp3) is 0.647. The topological polar surface area (TPSA) is 15.3 Å². The molecule has 1 aliphatic heterocycles. The quantitative estimate of drug-likeness (QED) is 0.845. The summed E-state index contributed by atoms with van der Waals surface area (Å²) in [4.78, 5) is 2.70. The molecule has 1 aromatic rings. The van der Waals surface area contributed by atoms with Gasteiger partial charge < -0.3 is 5.32 Å². The first-order valence-corrected chi connectivity index (χ1v) is 7.84. The normalized spacial score (nSPS) is 24.5. The van der Waals surface area contributed by atoms with Crippen molar-refractivity contribution in [1.82, 2.24) is 10.2 Å². The lowest BCUT2D eigenvalue weighted by Gasteiger charge is -2.40. The number of rotatable bonds is 6. The van der Waals surface area contributed by atoms with Gasteiger partial charge in [-0.25, -0.2) is 0 Å². The Morgan fingerprint density at radius 2 is 2.00 bits per heavy atom. The van der Waals surface area contributed by atoms with Gasteiger partial charge in [-0.3, -0.25) is 4.90 Å². The van der Waals surface area contributed by atoms with Gasteiger partial charge in [-0.1, -0.05) is 50.6 Å². The highest BCUT2D eigenvalue weighted by atomic mass is 15.2. The van der Waals surface area contributed by atoms with E-state index in [0.717, 1.165) is 12.6 Å². The van der Waals surface area contributed by atoms with E-state index in [-0.39, 0.29) is 0 Å². The predicted octanol–water partition coefficient (Wildman–Crippen LogP) is 3.08. The summed E-state index contributed by atoms with van der Waals surface area (Å²) in [5.41, 5.74) is 1.46. The van der Waals surface area contributed by atoms with Crippen LogP contribution in [0.15, 0.2) is 30.3 Å². The molecule has 0 spiro atoms. The number of nitrogens with one attached hydrogen (secondary N) is 1. The van der Waals surface area contributed by atoms with E-state index < -0.39 is 0 Å². The van der Waals surface area contributed by atoms with Crippen molar-refractivity contribution in [3.05, 3.63) is 35.9 Å². The van der Waals surface area contributed by atoms with Gasteiger partial charge in [0.1, 0.15) is 0 Å². The Morgan fingerprint density at radius 1 is 1.21 bits per heavy atom. The van der Waals surface area contributed by atoms with Crippen LogP contribution in [-0.4, -0.2) is 36.6 Å². The monoisotopic (exact) mass is 260 g/mol. The minimum atomic E-state index is 0.698. The second kappa shape index (κ2) is 7.66. The molecule has 0 radical (unpaired) electrons. The first-order valence-electron chi connectivity index (χ1n) is 7.84. The van der Waals surface area contributed by atoms with E-state index in [2.05, 4.69) is 54.4 Å². The fourth-order valence-electron chi connectivity index (χ4n) is 3.06. The molecule has 1 saturated heterocycles. The number of hydrogen-bond donors (Lipinski definition) is 1. The van der Waals surface area contributed by atoms with Crippen molar-refractivity contribution < 1.29 is 0 Å². The van der Waals surface area contributed by atoms with Crippen LogP contribution >= 0.6 is 0 Å². The Bertz CT molecular complexity index is 350. The predicted molar refractivity (Wildman–Crippen MR) is 82.5 cm³/mol. The number of nitrogens with zero attached hydrogens (tertiary/aromatic N) is 1. The van der Waals surface area contributed by atoms with Crippen molar-refractivity contribution in [2.24, 2.45) is 0 Å². The van der Waals surface area contributed by atoms with Gasteiger partial charge in [-0.2, -0.15) is 0 Å². The van der Waals surface area contributed by atoms with Gasteiger partial charge in [0.05, 0.1) is 0 Å². The molecule has 2 atom stereocenters. The summed E-state index contributed by atoms with van der Waals surface area (Å²) in [6.45, 7) is 8.17. The van der Waals surface area contributed by atoms with Crippen molar-refractivity contribution >= 4 is 0 Å². The van der Waals surface area contributed by atoms with E-state index in [0.29, 0.717) is 6.04 Å². The summed E-state index contributed by atoms with van der Waals surface area (Å²) in [7, 11) is 0. The van der Waals surface area contributed by atoms with Gasteiger partial charge in [0.2, 0.25) is 0 Å². The van der Waals surface area contributed by atoms with Gasteiger partial charge >= 0.3 is 0 Å². The molecule has 0 bridgehead atoms. The van der Waals surface area contributed by atoms with Crippen LogP contribution in [0.25, 0.3) is 0 Å². The van der Waals surface area contributed by atoms with Crippen LogP contribution in [0.5, 0.6) is 0 Å². The Kier molecular flexibility index (Phi) is 5.87. The molecular formula is C17H28N2. The molecule has 0 aromatic heterocycles. The first kappa shape index (κ1) is 14.5. The Morgan fingerprint density at radius 3 is 2.68 bits per heavy atom. The SMILES string of the molecule is CCCC1CN(CCc2ccccc2)C(CC)CN1. The molecule has 1 aliphatic rings. The minimum Gasteiger partial charge on any atom is -0.311 e. The Hall–Kier alpha value is -0.860. The molecule has 19 heavy (non-hydrogen) atoms. The van der Waals surface area contributed by atoms with Gasteiger partial charge in [-0.05, 0) is 24.8 Å². The Balaban J connectivity index is 1.87. The third-order valence-electron chi connectivity index (χ3n) is 4.25. The number of benzene rings is 1. The summed E-state index contributed by atoms with van der Waals surface area (Å²) in [6, 6.07) is 12.3. The zero-order valence-electron chi connectivity index (χ0n) is 12.4. The molecule has 2 nitrogen and oxygen atoms in total. The number of hydrogen-bond acceptors (Lipinski definition) is 2. The molecule has 2 rings (SSSR count). The van der Waals surface area contributed by atoms with Gasteiger partial charge in [-0.15, -0.1) is 0 Å². The van der Waals surface area contributed by atoms with E-state index in [1.165, 1.54) is 44.3 Å². The maximum absolute atomic E-state index is 3.71. The van der Waals surface area contributed by atoms with Crippen molar-refractivity contribution in [1.29, 1.82) is 0 Å². The van der Waals surface area contributed by atoms with Crippen molar-refractivity contribution in [2.45, 2.75) is 51.6 Å². The van der Waals surface area contributed by atoms with E-state index in [4.69, 9.17) is 0 Å². The van der Waals surface area contributed by atoms with Crippen LogP contribution in [0.1, 0.15) is 38.7 Å². The molecule has 2 unspecified atom stereocenters. The molecule has 1 aromatic carbocycles. The maximum atomic E-state index is 3.71. The fourth-order valence-corrected chi connectivity index (χ4v) is 3.06. The molecule has 0 aliphatic carbocycles. The molecule has 0 amide bonds. The largest absolute Gasteiger partial charge is 0.311 e. The van der Waals surface area contributed by atoms with Gasteiger partial charge in [0.25, 0.3) is 0 Å². The standard InChI is InChI=1S/C17H28N2/c1-3-8-16-14-19(17(4-2)13-18-16)12-11-15-9-6-5-7-10-15/h5-7,9-10,16-18H,3-4,8,11-14H2,1-2H3.